The monoisotopic (exact) mass is 708 g/mol. The summed E-state index contributed by atoms with van der Waals surface area (Å²) in [5.74, 6) is 1.90. The Labute approximate surface area is 313 Å². The number of pyridine rings is 1. The molecule has 0 aliphatic carbocycles. The summed E-state index contributed by atoms with van der Waals surface area (Å²) in [5, 5.41) is 6.75. The Morgan fingerprint density at radius 3 is 1.85 bits per heavy atom. The van der Waals surface area contributed by atoms with Crippen molar-refractivity contribution in [3.8, 4) is 56.5 Å². The first kappa shape index (κ1) is 30.6. The van der Waals surface area contributed by atoms with Crippen LogP contribution in [0.4, 0.5) is 0 Å². The topological polar surface area (TPSA) is 64.7 Å². The van der Waals surface area contributed by atoms with Crippen LogP contribution in [0.3, 0.4) is 0 Å². The van der Waals surface area contributed by atoms with Crippen LogP contribution in [0.1, 0.15) is 0 Å². The van der Waals surface area contributed by atoms with Crippen LogP contribution < -0.4 is 0 Å². The Kier molecular flexibility index (Phi) is 6.97. The number of furan rings is 1. The SMILES string of the molecule is c1ccc(-c2nc(-c3ccccc3-c3cccc(-c4nc5oc6ccccc6c5c5ccccc45)c3)nc(-c3cccc4c3sc3ccccc34)n2)cc1. The van der Waals surface area contributed by atoms with Gasteiger partial charge in [0.2, 0.25) is 5.71 Å². The first-order valence-electron chi connectivity index (χ1n) is 17.9. The zero-order valence-corrected chi connectivity index (χ0v) is 29.6. The van der Waals surface area contributed by atoms with Gasteiger partial charge >= 0.3 is 0 Å². The lowest BCUT2D eigenvalue weighted by molar-refractivity contribution is 0.655. The van der Waals surface area contributed by atoms with E-state index >= 15 is 0 Å². The fourth-order valence-corrected chi connectivity index (χ4v) is 8.89. The zero-order chi connectivity index (χ0) is 35.6. The second-order valence-electron chi connectivity index (χ2n) is 13.4. The van der Waals surface area contributed by atoms with E-state index in [9.17, 15) is 0 Å². The third kappa shape index (κ3) is 4.92. The van der Waals surface area contributed by atoms with Crippen LogP contribution in [0.2, 0.25) is 0 Å². The molecule has 0 radical (unpaired) electrons. The normalized spacial score (nSPS) is 11.7. The van der Waals surface area contributed by atoms with Gasteiger partial charge in [-0.3, -0.25) is 0 Å². The number of hydrogen-bond acceptors (Lipinski definition) is 6. The summed E-state index contributed by atoms with van der Waals surface area (Å²) in [5.41, 5.74) is 8.25. The van der Waals surface area contributed by atoms with Crippen molar-refractivity contribution in [1.29, 1.82) is 0 Å². The van der Waals surface area contributed by atoms with E-state index in [0.29, 0.717) is 23.2 Å². The van der Waals surface area contributed by atoms with Crippen molar-refractivity contribution in [1.82, 2.24) is 19.9 Å². The molecule has 6 heteroatoms. The first-order valence-corrected chi connectivity index (χ1v) is 18.7. The molecule has 54 heavy (non-hydrogen) atoms. The van der Waals surface area contributed by atoms with Crippen molar-refractivity contribution >= 4 is 64.4 Å². The van der Waals surface area contributed by atoms with Gasteiger partial charge in [0.25, 0.3) is 0 Å². The fourth-order valence-electron chi connectivity index (χ4n) is 7.68. The van der Waals surface area contributed by atoms with Crippen molar-refractivity contribution in [3.63, 3.8) is 0 Å². The van der Waals surface area contributed by atoms with Gasteiger partial charge in [-0.1, -0.05) is 146 Å². The second kappa shape index (κ2) is 12.3. The molecule has 11 rings (SSSR count). The van der Waals surface area contributed by atoms with Crippen LogP contribution in [0.5, 0.6) is 0 Å². The number of hydrogen-bond donors (Lipinski definition) is 0. The lowest BCUT2D eigenvalue weighted by Gasteiger charge is -2.13. The van der Waals surface area contributed by atoms with Crippen molar-refractivity contribution in [2.24, 2.45) is 0 Å². The highest BCUT2D eigenvalue weighted by Gasteiger charge is 2.20. The van der Waals surface area contributed by atoms with Gasteiger partial charge < -0.3 is 4.42 Å². The Hall–Kier alpha value is -7.02. The molecule has 5 nitrogen and oxygen atoms in total. The van der Waals surface area contributed by atoms with Crippen LogP contribution in [0, 0.1) is 0 Å². The highest BCUT2D eigenvalue weighted by molar-refractivity contribution is 7.26. The number of benzene rings is 7. The Bertz CT molecular complexity index is 3240. The van der Waals surface area contributed by atoms with Gasteiger partial charge in [-0.2, -0.15) is 0 Å². The summed E-state index contributed by atoms with van der Waals surface area (Å²) >= 11 is 1.78. The molecule has 0 unspecified atom stereocenters. The molecule has 4 aromatic heterocycles. The van der Waals surface area contributed by atoms with Crippen LogP contribution >= 0.6 is 11.3 Å². The van der Waals surface area contributed by atoms with Gasteiger partial charge in [0, 0.05) is 53.2 Å². The van der Waals surface area contributed by atoms with E-state index in [2.05, 4.69) is 127 Å². The van der Waals surface area contributed by atoms with Crippen molar-refractivity contribution in [2.45, 2.75) is 0 Å². The molecule has 4 heterocycles. The summed E-state index contributed by atoms with van der Waals surface area (Å²) in [6.07, 6.45) is 0. The van der Waals surface area contributed by atoms with Crippen LogP contribution in [-0.2, 0) is 0 Å². The van der Waals surface area contributed by atoms with Gasteiger partial charge in [0.1, 0.15) is 5.58 Å². The lowest BCUT2D eigenvalue weighted by Crippen LogP contribution is -2.01. The molecule has 0 saturated heterocycles. The number of para-hydroxylation sites is 1. The molecule has 0 fully saturated rings. The summed E-state index contributed by atoms with van der Waals surface area (Å²) in [6, 6.07) is 58.6. The number of nitrogens with zero attached hydrogens (tertiary/aromatic N) is 4. The van der Waals surface area contributed by atoms with E-state index in [0.717, 1.165) is 70.9 Å². The molecule has 0 bridgehead atoms. The Balaban J connectivity index is 1.10. The predicted molar refractivity (Wildman–Crippen MR) is 222 cm³/mol. The standard InChI is InChI=1S/C48H28N4OS/c1-2-14-29(15-3-1)45-50-46(52-47(51-45)39-25-13-24-36-33-19-9-11-27-41(33)54-44(36)39)37-22-7-4-18-32(37)30-16-12-17-31(28-30)43-35-21-6-5-20-34(35)42-38-23-8-10-26-40(38)53-48(42)49-43/h1-28H. The van der Waals surface area contributed by atoms with Crippen molar-refractivity contribution < 1.29 is 4.42 Å². The largest absolute Gasteiger partial charge is 0.438 e. The minimum atomic E-state index is 0.616. The molecule has 252 valence electrons. The van der Waals surface area contributed by atoms with Crippen molar-refractivity contribution in [3.05, 3.63) is 170 Å². The summed E-state index contributed by atoms with van der Waals surface area (Å²) in [7, 11) is 0. The van der Waals surface area contributed by atoms with Gasteiger partial charge in [0.15, 0.2) is 17.5 Å². The molecule has 0 aliphatic rings. The molecule has 11 aromatic rings. The van der Waals surface area contributed by atoms with Gasteiger partial charge in [-0.25, -0.2) is 19.9 Å². The maximum Gasteiger partial charge on any atom is 0.228 e. The maximum atomic E-state index is 6.32. The maximum absolute atomic E-state index is 6.32. The van der Waals surface area contributed by atoms with E-state index < -0.39 is 0 Å². The zero-order valence-electron chi connectivity index (χ0n) is 28.8. The van der Waals surface area contributed by atoms with E-state index in [1.807, 2.05) is 42.5 Å². The van der Waals surface area contributed by atoms with Crippen LogP contribution in [-0.4, -0.2) is 19.9 Å². The third-order valence-corrected chi connectivity index (χ3v) is 11.4. The average molecular weight is 709 g/mol. The van der Waals surface area contributed by atoms with E-state index in [1.165, 1.54) is 15.5 Å². The predicted octanol–water partition coefficient (Wildman–Crippen LogP) is 13.0. The molecule has 0 saturated carbocycles. The van der Waals surface area contributed by atoms with E-state index in [-0.39, 0.29) is 0 Å². The molecule has 0 atom stereocenters. The average Bonchev–Trinajstić information content (AvgIpc) is 3.82. The minimum Gasteiger partial charge on any atom is -0.438 e. The fraction of sp³-hybridized carbons (Fsp3) is 0. The molecular formula is C48H28N4OS. The number of fused-ring (bicyclic) bond motifs is 8. The number of aromatic nitrogens is 4. The smallest absolute Gasteiger partial charge is 0.228 e. The highest BCUT2D eigenvalue weighted by Crippen LogP contribution is 2.42. The van der Waals surface area contributed by atoms with Crippen LogP contribution in [0.25, 0.3) is 110 Å². The highest BCUT2D eigenvalue weighted by atomic mass is 32.1. The van der Waals surface area contributed by atoms with E-state index in [1.54, 1.807) is 11.3 Å². The van der Waals surface area contributed by atoms with Gasteiger partial charge in [0.05, 0.1) is 11.1 Å². The Morgan fingerprint density at radius 1 is 0.389 bits per heavy atom. The van der Waals surface area contributed by atoms with Crippen LogP contribution in [0.15, 0.2) is 174 Å². The quantitative estimate of drug-likeness (QED) is 0.178. The van der Waals surface area contributed by atoms with Gasteiger partial charge in [-0.05, 0) is 40.8 Å². The molecule has 7 aromatic carbocycles. The van der Waals surface area contributed by atoms with Crippen molar-refractivity contribution in [2.75, 3.05) is 0 Å². The third-order valence-electron chi connectivity index (χ3n) is 10.2. The lowest BCUT2D eigenvalue weighted by atomic mass is 9.95. The number of rotatable bonds is 5. The summed E-state index contributed by atoms with van der Waals surface area (Å²) < 4.78 is 8.72. The Morgan fingerprint density at radius 2 is 0.981 bits per heavy atom. The molecule has 0 N–H and O–H groups in total. The summed E-state index contributed by atoms with van der Waals surface area (Å²) in [6.45, 7) is 0. The van der Waals surface area contributed by atoms with Gasteiger partial charge in [-0.15, -0.1) is 11.3 Å². The second-order valence-corrected chi connectivity index (χ2v) is 14.4. The minimum absolute atomic E-state index is 0.616. The molecular weight excluding hydrogens is 681 g/mol. The number of thiophene rings is 1. The first-order chi connectivity index (χ1) is 26.8. The molecule has 0 amide bonds. The molecule has 0 aliphatic heterocycles. The molecule has 0 spiro atoms. The summed E-state index contributed by atoms with van der Waals surface area (Å²) in [4.78, 5) is 20.7. The van der Waals surface area contributed by atoms with E-state index in [4.69, 9.17) is 24.4 Å².